The molecule has 1 N–H and O–H groups in total. The lowest BCUT2D eigenvalue weighted by molar-refractivity contribution is 0.881. The molecule has 2 rings (SSSR count). The van der Waals surface area contributed by atoms with Gasteiger partial charge in [-0.05, 0) is 23.4 Å². The monoisotopic (exact) mass is 165 g/mol. The molecule has 0 bridgehead atoms. The molecule has 0 spiro atoms. The van der Waals surface area contributed by atoms with Crippen LogP contribution in [0.5, 0.6) is 0 Å². The van der Waals surface area contributed by atoms with Crippen LogP contribution < -0.4 is 0 Å². The molecule has 2 aromatic rings. The molecule has 0 fully saturated rings. The molecule has 4 nitrogen and oxygen atoms in total. The summed E-state index contributed by atoms with van der Waals surface area (Å²) in [6, 6.07) is 1.94. The third kappa shape index (κ3) is 1.14. The molecule has 1 radical (unpaired) electrons. The van der Waals surface area contributed by atoms with Crippen LogP contribution in [0, 0.1) is 6.92 Å². The Labute approximate surface area is 67.3 Å². The van der Waals surface area contributed by atoms with E-state index in [1.807, 2.05) is 11.4 Å². The van der Waals surface area contributed by atoms with Crippen LogP contribution in [0.3, 0.4) is 0 Å². The number of nitrogens with one attached hydrogen (secondary N) is 1. The van der Waals surface area contributed by atoms with E-state index in [2.05, 4.69) is 27.5 Å². The van der Waals surface area contributed by atoms with Crippen molar-refractivity contribution >= 4 is 11.3 Å². The third-order valence-electron chi connectivity index (χ3n) is 1.27. The Kier molecular flexibility index (Phi) is 1.43. The van der Waals surface area contributed by atoms with Crippen molar-refractivity contribution < 1.29 is 0 Å². The highest BCUT2D eigenvalue weighted by Gasteiger charge is 2.02. The summed E-state index contributed by atoms with van der Waals surface area (Å²) in [5, 5.41) is 15.3. The Morgan fingerprint density at radius 2 is 2.45 bits per heavy atom. The summed E-state index contributed by atoms with van der Waals surface area (Å²) in [7, 11) is 0. The Morgan fingerprint density at radius 1 is 1.55 bits per heavy atom. The van der Waals surface area contributed by atoms with Crippen LogP contribution in [-0.4, -0.2) is 20.6 Å². The van der Waals surface area contributed by atoms with E-state index in [0.717, 1.165) is 10.4 Å². The molecule has 5 heteroatoms. The van der Waals surface area contributed by atoms with E-state index in [0.29, 0.717) is 5.82 Å². The van der Waals surface area contributed by atoms with Gasteiger partial charge >= 0.3 is 0 Å². The van der Waals surface area contributed by atoms with E-state index >= 15 is 0 Å². The third-order valence-corrected chi connectivity index (χ3v) is 2.06. The van der Waals surface area contributed by atoms with Crippen molar-refractivity contribution in [1.29, 1.82) is 0 Å². The molecule has 55 valence electrons. The first-order valence-electron chi connectivity index (χ1n) is 3.01. The quantitative estimate of drug-likeness (QED) is 0.688. The summed E-state index contributed by atoms with van der Waals surface area (Å²) in [4.78, 5) is 1.01. The topological polar surface area (TPSA) is 54.5 Å². The van der Waals surface area contributed by atoms with Crippen molar-refractivity contribution in [2.45, 2.75) is 0 Å². The molecule has 0 unspecified atom stereocenters. The average molecular weight is 165 g/mol. The summed E-state index contributed by atoms with van der Waals surface area (Å²) >= 11 is 1.58. The fourth-order valence-electron chi connectivity index (χ4n) is 0.786. The van der Waals surface area contributed by atoms with Gasteiger partial charge in [0.25, 0.3) is 0 Å². The minimum Gasteiger partial charge on any atom is -0.239 e. The first-order valence-corrected chi connectivity index (χ1v) is 3.89. The maximum atomic E-state index is 3.79. The van der Waals surface area contributed by atoms with Gasteiger partial charge in [0.05, 0.1) is 0 Å². The molecule has 11 heavy (non-hydrogen) atoms. The van der Waals surface area contributed by atoms with E-state index < -0.39 is 0 Å². The van der Waals surface area contributed by atoms with Crippen molar-refractivity contribution in [1.82, 2.24) is 20.6 Å². The van der Waals surface area contributed by atoms with Crippen molar-refractivity contribution in [2.24, 2.45) is 0 Å². The van der Waals surface area contributed by atoms with E-state index in [9.17, 15) is 0 Å². The molecule has 0 aliphatic carbocycles. The highest BCUT2D eigenvalue weighted by atomic mass is 32.1. The molecule has 2 aromatic heterocycles. The van der Waals surface area contributed by atoms with Crippen LogP contribution in [0.2, 0.25) is 0 Å². The highest BCUT2D eigenvalue weighted by Crippen LogP contribution is 2.20. The largest absolute Gasteiger partial charge is 0.239 e. The molecule has 0 aliphatic rings. The fourth-order valence-corrected chi connectivity index (χ4v) is 1.44. The summed E-state index contributed by atoms with van der Waals surface area (Å²) in [5.74, 6) is 0.691. The van der Waals surface area contributed by atoms with Crippen LogP contribution in [0.15, 0.2) is 11.4 Å². The van der Waals surface area contributed by atoms with Gasteiger partial charge in [0.15, 0.2) is 5.82 Å². The van der Waals surface area contributed by atoms with Crippen LogP contribution >= 0.6 is 11.3 Å². The van der Waals surface area contributed by atoms with E-state index in [-0.39, 0.29) is 0 Å². The SMILES string of the molecule is [CH2]c1cc(-c2nnn[nH]2)cs1. The number of aromatic amines is 1. The molecule has 2 heterocycles. The first kappa shape index (κ1) is 6.48. The zero-order valence-electron chi connectivity index (χ0n) is 5.61. The van der Waals surface area contributed by atoms with Gasteiger partial charge in [0.2, 0.25) is 0 Å². The van der Waals surface area contributed by atoms with Gasteiger partial charge in [0, 0.05) is 15.8 Å². The zero-order valence-corrected chi connectivity index (χ0v) is 6.43. The number of aromatic nitrogens is 4. The van der Waals surface area contributed by atoms with Crippen molar-refractivity contribution in [2.75, 3.05) is 0 Å². The summed E-state index contributed by atoms with van der Waals surface area (Å²) < 4.78 is 0. The lowest BCUT2D eigenvalue weighted by atomic mass is 10.3. The highest BCUT2D eigenvalue weighted by molar-refractivity contribution is 7.10. The summed E-state index contributed by atoms with van der Waals surface area (Å²) in [5.41, 5.74) is 0.991. The van der Waals surface area contributed by atoms with Gasteiger partial charge in [-0.1, -0.05) is 0 Å². The Balaban J connectivity index is 2.45. The standard InChI is InChI=1S/C6H5N4S/c1-4-2-5(3-11-4)6-7-9-10-8-6/h2-3H,1H2,(H,7,8,9,10). The van der Waals surface area contributed by atoms with Gasteiger partial charge in [-0.25, -0.2) is 5.10 Å². The molecular weight excluding hydrogens is 160 g/mol. The molecule has 0 saturated heterocycles. The van der Waals surface area contributed by atoms with Gasteiger partial charge in [-0.15, -0.1) is 16.4 Å². The Hall–Kier alpha value is -1.23. The fraction of sp³-hybridized carbons (Fsp3) is 0. The van der Waals surface area contributed by atoms with Crippen LogP contribution in [0.1, 0.15) is 4.88 Å². The van der Waals surface area contributed by atoms with Gasteiger partial charge in [-0.2, -0.15) is 0 Å². The van der Waals surface area contributed by atoms with Crippen molar-refractivity contribution in [3.05, 3.63) is 23.2 Å². The average Bonchev–Trinajstić information content (AvgIpc) is 2.55. The molecule has 0 aromatic carbocycles. The maximum absolute atomic E-state index is 3.79. The Morgan fingerprint density at radius 3 is 3.00 bits per heavy atom. The van der Waals surface area contributed by atoms with Crippen LogP contribution in [-0.2, 0) is 0 Å². The number of rotatable bonds is 1. The second kappa shape index (κ2) is 2.43. The molecule has 0 aliphatic heterocycles. The Bertz CT molecular complexity index is 337. The molecule has 0 atom stereocenters. The lowest BCUT2D eigenvalue weighted by Gasteiger charge is -1.82. The summed E-state index contributed by atoms with van der Waals surface area (Å²) in [6.07, 6.45) is 0. The molecule has 0 amide bonds. The van der Waals surface area contributed by atoms with Crippen molar-refractivity contribution in [3.63, 3.8) is 0 Å². The van der Waals surface area contributed by atoms with E-state index in [4.69, 9.17) is 0 Å². The predicted octanol–water partition coefficient (Wildman–Crippen LogP) is 1.11. The number of H-pyrrole nitrogens is 1. The number of tetrazole rings is 1. The van der Waals surface area contributed by atoms with Crippen LogP contribution in [0.4, 0.5) is 0 Å². The van der Waals surface area contributed by atoms with Crippen molar-refractivity contribution in [3.8, 4) is 11.4 Å². The van der Waals surface area contributed by atoms with E-state index in [1.54, 1.807) is 11.3 Å². The number of thiophene rings is 1. The predicted molar refractivity (Wildman–Crippen MR) is 41.9 cm³/mol. The smallest absolute Gasteiger partial charge is 0.180 e. The number of hydrogen-bond donors (Lipinski definition) is 1. The number of hydrogen-bond acceptors (Lipinski definition) is 4. The van der Waals surface area contributed by atoms with Gasteiger partial charge in [-0.3, -0.25) is 0 Å². The normalized spacial score (nSPS) is 10.3. The molecule has 0 saturated carbocycles. The summed E-state index contributed by atoms with van der Waals surface area (Å²) in [6.45, 7) is 3.79. The minimum absolute atomic E-state index is 0.691. The van der Waals surface area contributed by atoms with Gasteiger partial charge < -0.3 is 0 Å². The minimum atomic E-state index is 0.691. The van der Waals surface area contributed by atoms with E-state index in [1.165, 1.54) is 0 Å². The van der Waals surface area contributed by atoms with Crippen LogP contribution in [0.25, 0.3) is 11.4 Å². The second-order valence-electron chi connectivity index (χ2n) is 2.05. The molecular formula is C6H5N4S. The number of nitrogens with zero attached hydrogens (tertiary/aromatic N) is 3. The zero-order chi connectivity index (χ0) is 7.68. The van der Waals surface area contributed by atoms with Gasteiger partial charge in [0.1, 0.15) is 0 Å². The second-order valence-corrected chi connectivity index (χ2v) is 3.05. The maximum Gasteiger partial charge on any atom is 0.180 e. The lowest BCUT2D eigenvalue weighted by Crippen LogP contribution is -1.75. The first-order chi connectivity index (χ1) is 5.36.